The molecule has 0 bridgehead atoms. The molecule has 0 spiro atoms. The number of fused-ring (bicyclic) bond motifs is 1. The highest BCUT2D eigenvalue weighted by Crippen LogP contribution is 2.22. The Kier molecular flexibility index (Phi) is 2.82. The van der Waals surface area contributed by atoms with Crippen molar-refractivity contribution in [3.8, 4) is 0 Å². The second-order valence-corrected chi connectivity index (χ2v) is 3.44. The predicted octanol–water partition coefficient (Wildman–Crippen LogP) is 1.90. The first kappa shape index (κ1) is 10.6. The summed E-state index contributed by atoms with van der Waals surface area (Å²) in [7, 11) is 1.28. The highest BCUT2D eigenvalue weighted by Gasteiger charge is 2.06. The van der Waals surface area contributed by atoms with Gasteiger partial charge in [-0.3, -0.25) is 10.5 Å². The molecule has 6 nitrogen and oxygen atoms in total. The van der Waals surface area contributed by atoms with Crippen molar-refractivity contribution in [1.29, 1.82) is 0 Å². The van der Waals surface area contributed by atoms with Gasteiger partial charge in [-0.1, -0.05) is 11.6 Å². The van der Waals surface area contributed by atoms with Crippen LogP contribution in [0.2, 0.25) is 5.02 Å². The van der Waals surface area contributed by atoms with Gasteiger partial charge in [-0.25, -0.2) is 10.2 Å². The van der Waals surface area contributed by atoms with Gasteiger partial charge in [-0.2, -0.15) is 5.10 Å². The number of anilines is 1. The predicted molar refractivity (Wildman–Crippen MR) is 60.3 cm³/mol. The summed E-state index contributed by atoms with van der Waals surface area (Å²) in [6, 6.07) is 5.28. The maximum absolute atomic E-state index is 10.8. The number of amides is 1. The van der Waals surface area contributed by atoms with Gasteiger partial charge in [0.25, 0.3) is 0 Å². The zero-order chi connectivity index (χ0) is 11.5. The maximum atomic E-state index is 10.8. The molecule has 0 radical (unpaired) electrons. The number of hydrogen-bond donors (Lipinski definition) is 3. The van der Waals surface area contributed by atoms with Crippen molar-refractivity contribution < 1.29 is 9.53 Å². The van der Waals surface area contributed by atoms with Gasteiger partial charge in [-0.05, 0) is 18.2 Å². The highest BCUT2D eigenvalue weighted by molar-refractivity contribution is 6.31. The van der Waals surface area contributed by atoms with E-state index in [0.29, 0.717) is 10.8 Å². The number of halogens is 1. The third-order valence-corrected chi connectivity index (χ3v) is 2.23. The fourth-order valence-electron chi connectivity index (χ4n) is 1.25. The Morgan fingerprint density at radius 3 is 3.12 bits per heavy atom. The number of aromatic amines is 1. The molecule has 2 aromatic rings. The van der Waals surface area contributed by atoms with Gasteiger partial charge in [0.05, 0.1) is 12.6 Å². The van der Waals surface area contributed by atoms with Gasteiger partial charge in [0.2, 0.25) is 0 Å². The summed E-state index contributed by atoms with van der Waals surface area (Å²) in [5, 5.41) is 8.19. The molecule has 1 aromatic carbocycles. The smallest absolute Gasteiger partial charge is 0.425 e. The van der Waals surface area contributed by atoms with Crippen LogP contribution >= 0.6 is 11.6 Å². The van der Waals surface area contributed by atoms with E-state index in [9.17, 15) is 4.79 Å². The van der Waals surface area contributed by atoms with Crippen LogP contribution in [0, 0.1) is 0 Å². The van der Waals surface area contributed by atoms with Gasteiger partial charge < -0.3 is 4.74 Å². The summed E-state index contributed by atoms with van der Waals surface area (Å²) in [4.78, 5) is 10.8. The summed E-state index contributed by atoms with van der Waals surface area (Å²) < 4.78 is 4.41. The Hall–Kier alpha value is -1.95. The van der Waals surface area contributed by atoms with Crippen molar-refractivity contribution in [3.63, 3.8) is 0 Å². The topological polar surface area (TPSA) is 79.0 Å². The Morgan fingerprint density at radius 1 is 1.56 bits per heavy atom. The Bertz CT molecular complexity index is 525. The number of rotatable bonds is 2. The molecule has 7 heteroatoms. The van der Waals surface area contributed by atoms with Crippen LogP contribution in [0.3, 0.4) is 0 Å². The second-order valence-electron chi connectivity index (χ2n) is 3.00. The molecule has 84 valence electrons. The number of ether oxygens (including phenoxy) is 1. The summed E-state index contributed by atoms with van der Waals surface area (Å²) >= 11 is 5.82. The normalized spacial score (nSPS) is 10.1. The summed E-state index contributed by atoms with van der Waals surface area (Å²) in [5.41, 5.74) is 5.72. The minimum atomic E-state index is -0.592. The monoisotopic (exact) mass is 240 g/mol. The molecule has 0 aliphatic heterocycles. The molecule has 0 saturated carbocycles. The lowest BCUT2D eigenvalue weighted by atomic mass is 10.2. The van der Waals surface area contributed by atoms with E-state index in [1.165, 1.54) is 7.11 Å². The molecule has 3 N–H and O–H groups in total. The molecule has 0 unspecified atom stereocenters. The average Bonchev–Trinajstić information content (AvgIpc) is 2.68. The third-order valence-electron chi connectivity index (χ3n) is 1.99. The number of hydrogen-bond acceptors (Lipinski definition) is 4. The minimum Gasteiger partial charge on any atom is -0.452 e. The summed E-state index contributed by atoms with van der Waals surface area (Å²) in [6.45, 7) is 0. The van der Waals surface area contributed by atoms with Crippen molar-refractivity contribution in [3.05, 3.63) is 23.2 Å². The van der Waals surface area contributed by atoms with Crippen LogP contribution in [0.4, 0.5) is 10.6 Å². The maximum Gasteiger partial charge on any atom is 0.425 e. The molecule has 1 amide bonds. The number of carbonyl (C=O) groups is 1. The summed E-state index contributed by atoms with van der Waals surface area (Å²) in [6.07, 6.45) is -0.592. The van der Waals surface area contributed by atoms with Crippen molar-refractivity contribution in [2.24, 2.45) is 0 Å². The molecule has 0 aliphatic rings. The number of hydrazine groups is 1. The molecule has 16 heavy (non-hydrogen) atoms. The van der Waals surface area contributed by atoms with E-state index >= 15 is 0 Å². The molecule has 0 fully saturated rings. The van der Waals surface area contributed by atoms with E-state index in [0.717, 1.165) is 10.9 Å². The Balaban J connectivity index is 2.22. The van der Waals surface area contributed by atoms with Crippen molar-refractivity contribution in [2.75, 3.05) is 12.5 Å². The molecule has 0 aliphatic carbocycles. The summed E-state index contributed by atoms with van der Waals surface area (Å²) in [5.74, 6) is 0.497. The van der Waals surface area contributed by atoms with Crippen LogP contribution in [0.5, 0.6) is 0 Å². The van der Waals surface area contributed by atoms with Gasteiger partial charge in [-0.15, -0.1) is 0 Å². The number of methoxy groups -OCH3 is 1. The van der Waals surface area contributed by atoms with E-state index in [4.69, 9.17) is 11.6 Å². The first-order valence-electron chi connectivity index (χ1n) is 4.44. The van der Waals surface area contributed by atoms with E-state index in [1.807, 2.05) is 0 Å². The standard InChI is InChI=1S/C9H9ClN4O2/c1-16-9(15)14-13-8-6-3-2-5(10)4-7(6)11-12-8/h2-4H,1H3,(H,14,15)(H2,11,12,13). The van der Waals surface area contributed by atoms with Crippen LogP contribution in [-0.4, -0.2) is 23.4 Å². The number of benzene rings is 1. The Morgan fingerprint density at radius 2 is 2.38 bits per heavy atom. The zero-order valence-electron chi connectivity index (χ0n) is 8.37. The molecule has 0 saturated heterocycles. The number of carbonyl (C=O) groups excluding carboxylic acids is 1. The number of nitrogens with zero attached hydrogens (tertiary/aromatic N) is 1. The minimum absolute atomic E-state index is 0.497. The zero-order valence-corrected chi connectivity index (χ0v) is 9.13. The SMILES string of the molecule is COC(=O)NNc1n[nH]c2cc(Cl)ccc12. The van der Waals surface area contributed by atoms with Gasteiger partial charge in [0.15, 0.2) is 5.82 Å². The van der Waals surface area contributed by atoms with Gasteiger partial charge in [0.1, 0.15) is 0 Å². The van der Waals surface area contributed by atoms with Crippen LogP contribution in [0.25, 0.3) is 10.9 Å². The largest absolute Gasteiger partial charge is 0.452 e. The molecular formula is C9H9ClN4O2. The molecule has 2 rings (SSSR count). The van der Waals surface area contributed by atoms with Gasteiger partial charge in [0, 0.05) is 10.4 Å². The molecular weight excluding hydrogens is 232 g/mol. The van der Waals surface area contributed by atoms with Gasteiger partial charge >= 0.3 is 6.09 Å². The number of nitrogens with one attached hydrogen (secondary N) is 3. The fourth-order valence-corrected chi connectivity index (χ4v) is 1.42. The van der Waals surface area contributed by atoms with E-state index in [2.05, 4.69) is 25.8 Å². The Labute approximate surface area is 95.9 Å². The fraction of sp³-hybridized carbons (Fsp3) is 0.111. The van der Waals surface area contributed by atoms with Crippen LogP contribution < -0.4 is 10.9 Å². The molecule has 0 atom stereocenters. The van der Waals surface area contributed by atoms with E-state index in [-0.39, 0.29) is 0 Å². The van der Waals surface area contributed by atoms with Crippen LogP contribution in [-0.2, 0) is 4.74 Å². The van der Waals surface area contributed by atoms with Crippen molar-refractivity contribution in [2.45, 2.75) is 0 Å². The molecule has 1 aromatic heterocycles. The first-order valence-corrected chi connectivity index (χ1v) is 4.82. The second kappa shape index (κ2) is 4.28. The lowest BCUT2D eigenvalue weighted by Crippen LogP contribution is -2.29. The van der Waals surface area contributed by atoms with E-state index in [1.54, 1.807) is 18.2 Å². The van der Waals surface area contributed by atoms with Crippen molar-refractivity contribution in [1.82, 2.24) is 15.6 Å². The molecule has 1 heterocycles. The lowest BCUT2D eigenvalue weighted by Gasteiger charge is -2.03. The van der Waals surface area contributed by atoms with Crippen LogP contribution in [0.1, 0.15) is 0 Å². The third kappa shape index (κ3) is 2.01. The van der Waals surface area contributed by atoms with Crippen LogP contribution in [0.15, 0.2) is 18.2 Å². The van der Waals surface area contributed by atoms with Crippen molar-refractivity contribution >= 4 is 34.4 Å². The quantitative estimate of drug-likeness (QED) is 0.701. The number of aromatic nitrogens is 2. The first-order chi connectivity index (χ1) is 7.70. The van der Waals surface area contributed by atoms with E-state index < -0.39 is 6.09 Å². The lowest BCUT2D eigenvalue weighted by molar-refractivity contribution is 0.173. The number of H-pyrrole nitrogens is 1. The average molecular weight is 241 g/mol. The highest BCUT2D eigenvalue weighted by atomic mass is 35.5.